The number of rotatable bonds is 3. The summed E-state index contributed by atoms with van der Waals surface area (Å²) < 4.78 is 5.65. The van der Waals surface area contributed by atoms with Gasteiger partial charge in [0.1, 0.15) is 18.2 Å². The van der Waals surface area contributed by atoms with Crippen molar-refractivity contribution in [2.75, 3.05) is 10.2 Å². The molecule has 1 saturated carbocycles. The molecule has 1 heterocycles. The van der Waals surface area contributed by atoms with Crippen LogP contribution in [-0.2, 0) is 14.3 Å². The van der Waals surface area contributed by atoms with Gasteiger partial charge in [-0.05, 0) is 51.7 Å². The minimum absolute atomic E-state index is 0.00406. The second kappa shape index (κ2) is 6.60. The van der Waals surface area contributed by atoms with Crippen LogP contribution in [0.2, 0.25) is 0 Å². The van der Waals surface area contributed by atoms with Gasteiger partial charge in [0.05, 0.1) is 11.4 Å². The van der Waals surface area contributed by atoms with Crippen LogP contribution in [-0.4, -0.2) is 30.1 Å². The van der Waals surface area contributed by atoms with Gasteiger partial charge in [0.2, 0.25) is 5.91 Å². The summed E-state index contributed by atoms with van der Waals surface area (Å²) in [7, 11) is 0. The minimum atomic E-state index is -0.616. The SMILES string of the molecule is CC1Nc2ccccc2N(C(C)C(=O)OC2CCCCC2)C1=O. The molecular formula is C18H24N2O3. The molecule has 1 aliphatic heterocycles. The summed E-state index contributed by atoms with van der Waals surface area (Å²) in [6, 6.07) is 6.60. The molecule has 2 unspecified atom stereocenters. The highest BCUT2D eigenvalue weighted by molar-refractivity contribution is 6.08. The number of nitrogens with zero attached hydrogens (tertiary/aromatic N) is 1. The number of ether oxygens (including phenoxy) is 1. The zero-order chi connectivity index (χ0) is 16.4. The van der Waals surface area contributed by atoms with E-state index >= 15 is 0 Å². The number of hydrogen-bond acceptors (Lipinski definition) is 4. The molecule has 2 atom stereocenters. The van der Waals surface area contributed by atoms with Gasteiger partial charge in [-0.2, -0.15) is 0 Å². The average molecular weight is 316 g/mol. The first-order valence-electron chi connectivity index (χ1n) is 8.47. The fourth-order valence-corrected chi connectivity index (χ4v) is 3.38. The van der Waals surface area contributed by atoms with Crippen LogP contribution in [0.3, 0.4) is 0 Å². The van der Waals surface area contributed by atoms with Gasteiger partial charge in [0.25, 0.3) is 0 Å². The number of para-hydroxylation sites is 2. The summed E-state index contributed by atoms with van der Waals surface area (Å²) in [5, 5.41) is 3.17. The van der Waals surface area contributed by atoms with E-state index in [1.54, 1.807) is 11.8 Å². The van der Waals surface area contributed by atoms with Crippen molar-refractivity contribution < 1.29 is 14.3 Å². The molecular weight excluding hydrogens is 292 g/mol. The Balaban J connectivity index is 1.78. The molecule has 1 fully saturated rings. The molecule has 0 aromatic heterocycles. The highest BCUT2D eigenvalue weighted by Crippen LogP contribution is 2.33. The number of benzene rings is 1. The maximum absolute atomic E-state index is 12.6. The molecule has 5 nitrogen and oxygen atoms in total. The lowest BCUT2D eigenvalue weighted by Crippen LogP contribution is -2.53. The second-order valence-electron chi connectivity index (χ2n) is 6.46. The molecule has 5 heteroatoms. The van der Waals surface area contributed by atoms with Crippen LogP contribution >= 0.6 is 0 Å². The third-order valence-electron chi connectivity index (χ3n) is 4.71. The van der Waals surface area contributed by atoms with Crippen molar-refractivity contribution in [3.8, 4) is 0 Å². The third-order valence-corrected chi connectivity index (χ3v) is 4.71. The summed E-state index contributed by atoms with van der Waals surface area (Å²) >= 11 is 0. The monoisotopic (exact) mass is 316 g/mol. The lowest BCUT2D eigenvalue weighted by Gasteiger charge is -2.37. The molecule has 3 rings (SSSR count). The van der Waals surface area contributed by atoms with Gasteiger partial charge < -0.3 is 10.1 Å². The Hall–Kier alpha value is -2.04. The molecule has 0 bridgehead atoms. The molecule has 124 valence electrons. The van der Waals surface area contributed by atoms with Crippen LogP contribution < -0.4 is 10.2 Å². The number of fused-ring (bicyclic) bond motifs is 1. The quantitative estimate of drug-likeness (QED) is 0.871. The van der Waals surface area contributed by atoms with Gasteiger partial charge in [-0.1, -0.05) is 18.6 Å². The normalized spacial score (nSPS) is 23.0. The Morgan fingerprint density at radius 3 is 2.70 bits per heavy atom. The summed E-state index contributed by atoms with van der Waals surface area (Å²) in [6.07, 6.45) is 5.30. The van der Waals surface area contributed by atoms with E-state index < -0.39 is 6.04 Å². The molecule has 1 aromatic rings. The summed E-state index contributed by atoms with van der Waals surface area (Å²) in [5.41, 5.74) is 1.61. The van der Waals surface area contributed by atoms with Crippen LogP contribution in [0, 0.1) is 0 Å². The van der Waals surface area contributed by atoms with Gasteiger partial charge in [-0.15, -0.1) is 0 Å². The van der Waals surface area contributed by atoms with Gasteiger partial charge in [-0.25, -0.2) is 4.79 Å². The van der Waals surface area contributed by atoms with E-state index in [0.29, 0.717) is 0 Å². The first-order chi connectivity index (χ1) is 11.1. The zero-order valence-corrected chi connectivity index (χ0v) is 13.7. The average Bonchev–Trinajstić information content (AvgIpc) is 2.56. The van der Waals surface area contributed by atoms with Crippen molar-refractivity contribution in [2.45, 2.75) is 64.1 Å². The highest BCUT2D eigenvalue weighted by Gasteiger charge is 2.36. The smallest absolute Gasteiger partial charge is 0.329 e. The molecule has 1 aliphatic carbocycles. The molecule has 1 aromatic carbocycles. The molecule has 1 N–H and O–H groups in total. The molecule has 1 amide bonds. The third kappa shape index (κ3) is 3.19. The Bertz CT molecular complexity index is 596. The topological polar surface area (TPSA) is 58.6 Å². The van der Waals surface area contributed by atoms with Gasteiger partial charge in [-0.3, -0.25) is 9.69 Å². The summed E-state index contributed by atoms with van der Waals surface area (Å²) in [5.74, 6) is -0.411. The Labute approximate surface area is 137 Å². The van der Waals surface area contributed by atoms with Crippen molar-refractivity contribution in [3.05, 3.63) is 24.3 Å². The number of nitrogens with one attached hydrogen (secondary N) is 1. The first-order valence-corrected chi connectivity index (χ1v) is 8.47. The van der Waals surface area contributed by atoms with E-state index in [1.165, 1.54) is 6.42 Å². The molecule has 0 radical (unpaired) electrons. The number of hydrogen-bond donors (Lipinski definition) is 1. The predicted octanol–water partition coefficient (Wildman–Crippen LogP) is 3.10. The van der Waals surface area contributed by atoms with Crippen molar-refractivity contribution in [1.82, 2.24) is 0 Å². The van der Waals surface area contributed by atoms with Crippen LogP contribution in [0.4, 0.5) is 11.4 Å². The van der Waals surface area contributed by atoms with Crippen LogP contribution in [0.1, 0.15) is 46.0 Å². The van der Waals surface area contributed by atoms with Crippen molar-refractivity contribution in [3.63, 3.8) is 0 Å². The van der Waals surface area contributed by atoms with Gasteiger partial charge in [0, 0.05) is 0 Å². The maximum atomic E-state index is 12.6. The Morgan fingerprint density at radius 2 is 1.96 bits per heavy atom. The highest BCUT2D eigenvalue weighted by atomic mass is 16.5. The molecule has 0 saturated heterocycles. The first kappa shape index (κ1) is 15.8. The van der Waals surface area contributed by atoms with E-state index in [0.717, 1.165) is 37.1 Å². The zero-order valence-electron chi connectivity index (χ0n) is 13.7. The van der Waals surface area contributed by atoms with Crippen molar-refractivity contribution in [1.29, 1.82) is 0 Å². The van der Waals surface area contributed by atoms with E-state index in [2.05, 4.69) is 5.32 Å². The minimum Gasteiger partial charge on any atom is -0.461 e. The Morgan fingerprint density at radius 1 is 1.26 bits per heavy atom. The number of carbonyl (C=O) groups excluding carboxylic acids is 2. The largest absolute Gasteiger partial charge is 0.461 e. The van der Waals surface area contributed by atoms with Gasteiger partial charge in [0.15, 0.2) is 0 Å². The van der Waals surface area contributed by atoms with Crippen molar-refractivity contribution >= 4 is 23.3 Å². The van der Waals surface area contributed by atoms with Gasteiger partial charge >= 0.3 is 5.97 Å². The number of carbonyl (C=O) groups is 2. The second-order valence-corrected chi connectivity index (χ2v) is 6.46. The lowest BCUT2D eigenvalue weighted by molar-refractivity contribution is -0.152. The molecule has 23 heavy (non-hydrogen) atoms. The molecule has 2 aliphatic rings. The van der Waals surface area contributed by atoms with E-state index in [-0.39, 0.29) is 24.0 Å². The fourth-order valence-electron chi connectivity index (χ4n) is 3.38. The predicted molar refractivity (Wildman–Crippen MR) is 89.4 cm³/mol. The van der Waals surface area contributed by atoms with Crippen LogP contribution in [0.25, 0.3) is 0 Å². The number of amides is 1. The maximum Gasteiger partial charge on any atom is 0.329 e. The lowest BCUT2D eigenvalue weighted by atomic mass is 9.98. The standard InChI is InChI=1S/C18H24N2O3/c1-12-17(21)20(16-11-7-6-10-15(16)19-12)13(2)18(22)23-14-8-4-3-5-9-14/h6-7,10-14,19H,3-5,8-9H2,1-2H3. The fraction of sp³-hybridized carbons (Fsp3) is 0.556. The van der Waals surface area contributed by atoms with Crippen LogP contribution in [0.15, 0.2) is 24.3 Å². The summed E-state index contributed by atoms with van der Waals surface area (Å²) in [4.78, 5) is 26.7. The number of anilines is 2. The van der Waals surface area contributed by atoms with Crippen molar-refractivity contribution in [2.24, 2.45) is 0 Å². The molecule has 0 spiro atoms. The van der Waals surface area contributed by atoms with E-state index in [1.807, 2.05) is 31.2 Å². The summed E-state index contributed by atoms with van der Waals surface area (Å²) in [6.45, 7) is 3.56. The van der Waals surface area contributed by atoms with E-state index in [9.17, 15) is 9.59 Å². The number of esters is 1. The van der Waals surface area contributed by atoms with E-state index in [4.69, 9.17) is 4.74 Å². The Kier molecular flexibility index (Phi) is 4.55. The van der Waals surface area contributed by atoms with Crippen LogP contribution in [0.5, 0.6) is 0 Å².